The lowest BCUT2D eigenvalue weighted by molar-refractivity contribution is -0.0801. The molecule has 2 aliphatic rings. The molecule has 0 atom stereocenters. The molecule has 4 rings (SSSR count). The van der Waals surface area contributed by atoms with E-state index >= 15 is 0 Å². The molecule has 2 aliphatic heterocycles. The van der Waals surface area contributed by atoms with E-state index in [1.807, 2.05) is 32.1 Å². The van der Waals surface area contributed by atoms with Crippen LogP contribution in [0.2, 0.25) is 0 Å². The maximum atomic E-state index is 6.29. The Morgan fingerprint density at radius 1 is 1.25 bits per heavy atom. The second-order valence-electron chi connectivity index (χ2n) is 6.62. The van der Waals surface area contributed by atoms with Gasteiger partial charge in [-0.05, 0) is 31.7 Å². The molecule has 24 heavy (non-hydrogen) atoms. The fourth-order valence-corrected chi connectivity index (χ4v) is 4.21. The molecule has 1 fully saturated rings. The van der Waals surface area contributed by atoms with Gasteiger partial charge in [0.05, 0.1) is 12.3 Å². The van der Waals surface area contributed by atoms with Gasteiger partial charge in [0.2, 0.25) is 11.1 Å². The summed E-state index contributed by atoms with van der Waals surface area (Å²) in [6.45, 7) is 4.56. The monoisotopic (exact) mass is 346 g/mol. The third kappa shape index (κ3) is 2.63. The zero-order valence-electron chi connectivity index (χ0n) is 14.3. The fraction of sp³-hybridized carbons (Fsp3) is 0.625. The predicted octanol–water partition coefficient (Wildman–Crippen LogP) is 1.77. The largest absolute Gasteiger partial charge is 0.368 e. The summed E-state index contributed by atoms with van der Waals surface area (Å²) in [4.78, 5) is 13.6. The van der Waals surface area contributed by atoms with Gasteiger partial charge in [-0.25, -0.2) is 9.97 Å². The first-order valence-corrected chi connectivity index (χ1v) is 9.12. The van der Waals surface area contributed by atoms with Gasteiger partial charge < -0.3 is 14.5 Å². The van der Waals surface area contributed by atoms with Gasteiger partial charge in [0.1, 0.15) is 10.6 Å². The minimum absolute atomic E-state index is 0.280. The molecule has 128 valence electrons. The predicted molar refractivity (Wildman–Crippen MR) is 93.8 cm³/mol. The molecule has 2 aromatic heterocycles. The standard InChI is InChI=1S/C16H22N6OS/c1-11-19-20-15(24-11)22-7-5-16(6-8-22)13-12(4-9-23-16)10-17-14(18-13)21(2)3/h10H,4-9H2,1-3H3. The zero-order valence-corrected chi connectivity index (χ0v) is 15.1. The van der Waals surface area contributed by atoms with Crippen molar-refractivity contribution in [3.8, 4) is 0 Å². The fourth-order valence-electron chi connectivity index (χ4n) is 3.47. The van der Waals surface area contributed by atoms with Gasteiger partial charge in [-0.1, -0.05) is 11.3 Å². The van der Waals surface area contributed by atoms with Crippen LogP contribution in [0.1, 0.15) is 29.1 Å². The van der Waals surface area contributed by atoms with Crippen molar-refractivity contribution in [1.82, 2.24) is 20.2 Å². The minimum atomic E-state index is -0.280. The van der Waals surface area contributed by atoms with Crippen LogP contribution in [-0.4, -0.2) is 54.0 Å². The molecular weight excluding hydrogens is 324 g/mol. The third-order valence-electron chi connectivity index (χ3n) is 4.79. The molecule has 0 N–H and O–H groups in total. The normalized spacial score (nSPS) is 19.4. The number of aryl methyl sites for hydroxylation is 1. The van der Waals surface area contributed by atoms with E-state index < -0.39 is 0 Å². The van der Waals surface area contributed by atoms with Crippen molar-refractivity contribution in [3.63, 3.8) is 0 Å². The van der Waals surface area contributed by atoms with Gasteiger partial charge in [-0.2, -0.15) is 0 Å². The smallest absolute Gasteiger partial charge is 0.225 e. The zero-order chi connectivity index (χ0) is 16.7. The number of aromatic nitrogens is 4. The number of rotatable bonds is 2. The third-order valence-corrected chi connectivity index (χ3v) is 5.69. The van der Waals surface area contributed by atoms with Crippen LogP contribution in [0.4, 0.5) is 11.1 Å². The number of piperidine rings is 1. The molecule has 0 bridgehead atoms. The van der Waals surface area contributed by atoms with E-state index in [-0.39, 0.29) is 5.60 Å². The molecule has 1 spiro atoms. The Morgan fingerprint density at radius 3 is 2.71 bits per heavy atom. The van der Waals surface area contributed by atoms with Crippen LogP contribution in [0.3, 0.4) is 0 Å². The maximum Gasteiger partial charge on any atom is 0.225 e. The highest BCUT2D eigenvalue weighted by Crippen LogP contribution is 2.41. The van der Waals surface area contributed by atoms with E-state index in [0.717, 1.165) is 60.7 Å². The van der Waals surface area contributed by atoms with Crippen LogP contribution in [0.25, 0.3) is 0 Å². The Bertz CT molecular complexity index is 738. The average molecular weight is 346 g/mol. The SMILES string of the molecule is Cc1nnc(N2CCC3(CC2)OCCc2cnc(N(C)C)nc23)s1. The molecule has 0 aromatic carbocycles. The van der Waals surface area contributed by atoms with E-state index in [1.54, 1.807) is 11.3 Å². The Labute approximate surface area is 145 Å². The molecule has 8 heteroatoms. The molecule has 0 unspecified atom stereocenters. The van der Waals surface area contributed by atoms with Crippen LogP contribution >= 0.6 is 11.3 Å². The highest BCUT2D eigenvalue weighted by molar-refractivity contribution is 7.15. The molecule has 0 amide bonds. The van der Waals surface area contributed by atoms with Crippen molar-refractivity contribution < 1.29 is 4.74 Å². The van der Waals surface area contributed by atoms with Gasteiger partial charge in [0.15, 0.2) is 0 Å². The van der Waals surface area contributed by atoms with Crippen LogP contribution in [0, 0.1) is 6.92 Å². The Hall–Kier alpha value is -1.80. The molecular formula is C16H22N6OS. The van der Waals surface area contributed by atoms with Crippen LogP contribution < -0.4 is 9.80 Å². The number of nitrogens with zero attached hydrogens (tertiary/aromatic N) is 6. The number of hydrogen-bond donors (Lipinski definition) is 0. The van der Waals surface area contributed by atoms with E-state index in [1.165, 1.54) is 5.56 Å². The van der Waals surface area contributed by atoms with E-state index in [0.29, 0.717) is 0 Å². The number of fused-ring (bicyclic) bond motifs is 2. The second kappa shape index (κ2) is 5.93. The lowest BCUT2D eigenvalue weighted by Crippen LogP contribution is -2.47. The van der Waals surface area contributed by atoms with Gasteiger partial charge in [-0.3, -0.25) is 0 Å². The van der Waals surface area contributed by atoms with Crippen molar-refractivity contribution >= 4 is 22.4 Å². The lowest BCUT2D eigenvalue weighted by Gasteiger charge is -2.44. The van der Waals surface area contributed by atoms with Gasteiger partial charge in [-0.15, -0.1) is 10.2 Å². The Balaban J connectivity index is 1.60. The highest BCUT2D eigenvalue weighted by Gasteiger charge is 2.43. The quantitative estimate of drug-likeness (QED) is 0.821. The Morgan fingerprint density at radius 2 is 2.04 bits per heavy atom. The number of anilines is 2. The molecule has 4 heterocycles. The van der Waals surface area contributed by atoms with Crippen molar-refractivity contribution in [3.05, 3.63) is 22.5 Å². The summed E-state index contributed by atoms with van der Waals surface area (Å²) in [6.07, 6.45) is 4.71. The van der Waals surface area contributed by atoms with Crippen molar-refractivity contribution in [2.45, 2.75) is 31.8 Å². The van der Waals surface area contributed by atoms with Crippen LogP contribution in [0.15, 0.2) is 6.20 Å². The summed E-state index contributed by atoms with van der Waals surface area (Å²) < 4.78 is 6.29. The van der Waals surface area contributed by atoms with Gasteiger partial charge in [0, 0.05) is 33.4 Å². The molecule has 0 aliphatic carbocycles. The number of hydrogen-bond acceptors (Lipinski definition) is 8. The molecule has 7 nitrogen and oxygen atoms in total. The first kappa shape index (κ1) is 15.7. The summed E-state index contributed by atoms with van der Waals surface area (Å²) in [5, 5.41) is 10.4. The topological polar surface area (TPSA) is 67.3 Å². The van der Waals surface area contributed by atoms with Gasteiger partial charge >= 0.3 is 0 Å². The highest BCUT2D eigenvalue weighted by atomic mass is 32.1. The number of ether oxygens (including phenoxy) is 1. The van der Waals surface area contributed by atoms with E-state index in [2.05, 4.69) is 20.1 Å². The van der Waals surface area contributed by atoms with E-state index in [9.17, 15) is 0 Å². The van der Waals surface area contributed by atoms with Crippen molar-refractivity contribution in [1.29, 1.82) is 0 Å². The molecule has 1 saturated heterocycles. The Kier molecular flexibility index (Phi) is 3.88. The molecule has 0 saturated carbocycles. The summed E-state index contributed by atoms with van der Waals surface area (Å²) in [7, 11) is 3.94. The van der Waals surface area contributed by atoms with Crippen molar-refractivity contribution in [2.75, 3.05) is 43.6 Å². The van der Waals surface area contributed by atoms with Crippen molar-refractivity contribution in [2.24, 2.45) is 0 Å². The maximum absolute atomic E-state index is 6.29. The summed E-state index contributed by atoms with van der Waals surface area (Å²) >= 11 is 1.65. The minimum Gasteiger partial charge on any atom is -0.368 e. The van der Waals surface area contributed by atoms with Crippen LogP contribution in [0.5, 0.6) is 0 Å². The van der Waals surface area contributed by atoms with Gasteiger partial charge in [0.25, 0.3) is 0 Å². The average Bonchev–Trinajstić information content (AvgIpc) is 3.02. The first-order chi connectivity index (χ1) is 11.6. The summed E-state index contributed by atoms with van der Waals surface area (Å²) in [5.41, 5.74) is 2.03. The molecule has 0 radical (unpaired) electrons. The molecule has 2 aromatic rings. The second-order valence-corrected chi connectivity index (χ2v) is 7.78. The summed E-state index contributed by atoms with van der Waals surface area (Å²) in [5.74, 6) is 0.751. The lowest BCUT2D eigenvalue weighted by atomic mass is 9.83. The first-order valence-electron chi connectivity index (χ1n) is 8.30. The van der Waals surface area contributed by atoms with Crippen LogP contribution in [-0.2, 0) is 16.8 Å². The summed E-state index contributed by atoms with van der Waals surface area (Å²) in [6, 6.07) is 0. The van der Waals surface area contributed by atoms with E-state index in [4.69, 9.17) is 9.72 Å².